The van der Waals surface area contributed by atoms with Gasteiger partial charge in [0, 0.05) is 39.6 Å². The van der Waals surface area contributed by atoms with Gasteiger partial charge in [0.25, 0.3) is 0 Å². The van der Waals surface area contributed by atoms with E-state index in [4.69, 9.17) is 14.9 Å². The number of aromatic nitrogens is 2. The van der Waals surface area contributed by atoms with Crippen LogP contribution in [0.3, 0.4) is 0 Å². The van der Waals surface area contributed by atoms with Gasteiger partial charge in [-0.25, -0.2) is 0 Å². The summed E-state index contributed by atoms with van der Waals surface area (Å²) in [5.41, 5.74) is 4.40. The molecule has 1 aliphatic rings. The lowest BCUT2D eigenvalue weighted by Gasteiger charge is -2.22. The molecule has 2 heterocycles. The molecule has 1 fully saturated rings. The molecule has 1 aliphatic heterocycles. The molecule has 8 heteroatoms. The number of imidazole rings is 1. The van der Waals surface area contributed by atoms with Gasteiger partial charge in [-0.2, -0.15) is 0 Å². The van der Waals surface area contributed by atoms with Crippen LogP contribution in [0.2, 0.25) is 0 Å². The van der Waals surface area contributed by atoms with Crippen LogP contribution in [0, 0.1) is 0 Å². The third kappa shape index (κ3) is 5.59. The first-order valence-electron chi connectivity index (χ1n) is 11.1. The van der Waals surface area contributed by atoms with Crippen LogP contribution in [0.25, 0.3) is 0 Å². The van der Waals surface area contributed by atoms with Crippen molar-refractivity contribution in [3.63, 3.8) is 0 Å². The molecule has 3 aromatic rings. The van der Waals surface area contributed by atoms with Crippen molar-refractivity contribution >= 4 is 29.8 Å². The molecule has 8 nitrogen and oxygen atoms in total. The fraction of sp³-hybridized carbons (Fsp3) is 0.320. The minimum Gasteiger partial charge on any atom is -0.378 e. The molecule has 4 rings (SSSR count). The van der Waals surface area contributed by atoms with Gasteiger partial charge < -0.3 is 14.5 Å². The average molecular weight is 447 g/mol. The highest BCUT2D eigenvalue weighted by Crippen LogP contribution is 2.15. The predicted molar refractivity (Wildman–Crippen MR) is 135 cm³/mol. The van der Waals surface area contributed by atoms with Crippen molar-refractivity contribution in [2.75, 3.05) is 69.2 Å². The fourth-order valence-corrected chi connectivity index (χ4v) is 3.57. The third-order valence-corrected chi connectivity index (χ3v) is 5.53. The van der Waals surface area contributed by atoms with Crippen LogP contribution in [0.4, 0.5) is 17.3 Å². The second kappa shape index (κ2) is 10.3. The summed E-state index contributed by atoms with van der Waals surface area (Å²) < 4.78 is 9.30. The van der Waals surface area contributed by atoms with E-state index in [1.54, 1.807) is 0 Å². The molecule has 0 spiro atoms. The van der Waals surface area contributed by atoms with Crippen molar-refractivity contribution < 1.29 is 9.41 Å². The quantitative estimate of drug-likeness (QED) is 0.413. The Morgan fingerprint density at radius 1 is 0.818 bits per heavy atom. The van der Waals surface area contributed by atoms with E-state index in [1.165, 1.54) is 0 Å². The van der Waals surface area contributed by atoms with Crippen LogP contribution in [0.1, 0.15) is 11.1 Å². The monoisotopic (exact) mass is 446 g/mol. The number of ether oxygens (including phenoxy) is 1. The maximum Gasteiger partial charge on any atom is 0.408 e. The van der Waals surface area contributed by atoms with Gasteiger partial charge in [-0.05, 0) is 35.4 Å². The molecule has 0 aliphatic carbocycles. The molecule has 0 unspecified atom stereocenters. The Morgan fingerprint density at radius 2 is 1.36 bits per heavy atom. The van der Waals surface area contributed by atoms with Crippen molar-refractivity contribution in [3.05, 3.63) is 72.1 Å². The topological polar surface area (TPSA) is 52.5 Å². The Morgan fingerprint density at radius 3 is 1.91 bits per heavy atom. The highest BCUT2D eigenvalue weighted by Gasteiger charge is 2.27. The van der Waals surface area contributed by atoms with E-state index in [-0.39, 0.29) is 0 Å². The van der Waals surface area contributed by atoms with E-state index in [9.17, 15) is 0 Å². The van der Waals surface area contributed by atoms with Crippen molar-refractivity contribution in [1.82, 2.24) is 4.68 Å². The summed E-state index contributed by atoms with van der Waals surface area (Å²) in [7, 11) is 8.14. The summed E-state index contributed by atoms with van der Waals surface area (Å²) in [6, 6.07) is 16.6. The van der Waals surface area contributed by atoms with Crippen LogP contribution < -0.4 is 19.4 Å². The molecule has 1 aromatic heterocycles. The van der Waals surface area contributed by atoms with Gasteiger partial charge in [-0.1, -0.05) is 24.3 Å². The Balaban J connectivity index is 1.59. The lowest BCUT2D eigenvalue weighted by molar-refractivity contribution is -0.665. The van der Waals surface area contributed by atoms with Crippen molar-refractivity contribution in [2.24, 2.45) is 10.2 Å². The second-order valence-corrected chi connectivity index (χ2v) is 8.35. The summed E-state index contributed by atoms with van der Waals surface area (Å²) in [5.74, 6) is 0.903. The summed E-state index contributed by atoms with van der Waals surface area (Å²) in [5, 5.41) is 9.46. The van der Waals surface area contributed by atoms with Crippen molar-refractivity contribution in [3.8, 4) is 0 Å². The maximum absolute atomic E-state index is 5.55. The molecule has 0 saturated carbocycles. The number of hydrogen-bond donors (Lipinski definition) is 0. The Hall–Kier alpha value is -3.65. The van der Waals surface area contributed by atoms with Crippen LogP contribution in [-0.4, -0.2) is 71.6 Å². The SMILES string of the molecule is CN(C)c1ccc(C=Nn2cc[n+](N=Cc3ccc(N(C)C)cc3)c2N2CCOCC2)cc1. The van der Waals surface area contributed by atoms with Crippen molar-refractivity contribution in [1.29, 1.82) is 0 Å². The zero-order valence-corrected chi connectivity index (χ0v) is 19.8. The number of morpholine rings is 1. The van der Waals surface area contributed by atoms with E-state index in [0.717, 1.165) is 41.5 Å². The van der Waals surface area contributed by atoms with Crippen LogP contribution >= 0.6 is 0 Å². The molecule has 2 aromatic carbocycles. The largest absolute Gasteiger partial charge is 0.408 e. The zero-order chi connectivity index (χ0) is 23.2. The second-order valence-electron chi connectivity index (χ2n) is 8.35. The first-order valence-corrected chi connectivity index (χ1v) is 11.1. The highest BCUT2D eigenvalue weighted by molar-refractivity contribution is 5.80. The summed E-state index contributed by atoms with van der Waals surface area (Å²) in [6.07, 6.45) is 7.61. The molecule has 0 radical (unpaired) electrons. The van der Waals surface area contributed by atoms with Gasteiger partial charge in [0.1, 0.15) is 12.4 Å². The summed E-state index contributed by atoms with van der Waals surface area (Å²) in [6.45, 7) is 2.97. The molecule has 33 heavy (non-hydrogen) atoms. The molecular formula is C25H32N7O+. The third-order valence-electron chi connectivity index (χ3n) is 5.53. The van der Waals surface area contributed by atoms with Gasteiger partial charge in [-0.3, -0.25) is 4.90 Å². The van der Waals surface area contributed by atoms with Gasteiger partial charge in [0.15, 0.2) is 0 Å². The Kier molecular flexibility index (Phi) is 7.04. The predicted octanol–water partition coefficient (Wildman–Crippen LogP) is 2.51. The standard InChI is InChI=1S/C25H32N7O/c1-28(2)23-9-5-21(6-10-23)19-26-31-13-14-32(25(31)30-15-17-33-18-16-30)27-20-22-7-11-24(12-8-22)29(3)4/h5-14,19-20H,15-18H2,1-4H3/q+1. The first kappa shape index (κ1) is 22.5. The lowest BCUT2D eigenvalue weighted by atomic mass is 10.2. The van der Waals surface area contributed by atoms with E-state index >= 15 is 0 Å². The number of rotatable bonds is 7. The number of nitrogens with zero attached hydrogens (tertiary/aromatic N) is 7. The zero-order valence-electron chi connectivity index (χ0n) is 19.8. The molecule has 1 saturated heterocycles. The number of benzene rings is 2. The van der Waals surface area contributed by atoms with Crippen LogP contribution in [0.15, 0.2) is 71.1 Å². The number of anilines is 3. The first-order chi connectivity index (χ1) is 16.0. The van der Waals surface area contributed by atoms with Gasteiger partial charge in [0.05, 0.1) is 38.7 Å². The Labute approximate surface area is 195 Å². The van der Waals surface area contributed by atoms with Crippen LogP contribution in [-0.2, 0) is 4.74 Å². The average Bonchev–Trinajstić information content (AvgIpc) is 3.25. The van der Waals surface area contributed by atoms with E-state index in [1.807, 2.05) is 62.4 Å². The molecular weight excluding hydrogens is 414 g/mol. The van der Waals surface area contributed by atoms with Crippen molar-refractivity contribution in [2.45, 2.75) is 0 Å². The maximum atomic E-state index is 5.55. The van der Waals surface area contributed by atoms with Gasteiger partial charge >= 0.3 is 5.95 Å². The minimum atomic E-state index is 0.691. The fourth-order valence-electron chi connectivity index (χ4n) is 3.57. The lowest BCUT2D eigenvalue weighted by Crippen LogP contribution is -2.44. The molecule has 172 valence electrons. The van der Waals surface area contributed by atoms with Gasteiger partial charge in [-0.15, -0.1) is 19.6 Å². The summed E-state index contributed by atoms with van der Waals surface area (Å²) in [4.78, 5) is 6.42. The van der Waals surface area contributed by atoms with E-state index < -0.39 is 0 Å². The Bertz CT molecular complexity index is 1010. The smallest absolute Gasteiger partial charge is 0.378 e. The molecule has 0 amide bonds. The van der Waals surface area contributed by atoms with Crippen LogP contribution in [0.5, 0.6) is 0 Å². The van der Waals surface area contributed by atoms with Gasteiger partial charge in [0.2, 0.25) is 0 Å². The highest BCUT2D eigenvalue weighted by atomic mass is 16.5. The molecule has 0 atom stereocenters. The van der Waals surface area contributed by atoms with E-state index in [2.05, 4.69) is 63.2 Å². The number of hydrogen-bond acceptors (Lipinski definition) is 6. The normalized spacial score (nSPS) is 14.4. The summed E-state index contributed by atoms with van der Waals surface area (Å²) >= 11 is 0. The molecule has 0 bridgehead atoms. The van der Waals surface area contributed by atoms with E-state index in [0.29, 0.717) is 13.2 Å². The molecule has 0 N–H and O–H groups in total. The minimum absolute atomic E-state index is 0.691.